The Bertz CT molecular complexity index is 371. The van der Waals surface area contributed by atoms with Crippen LogP contribution in [0.4, 0.5) is 17.6 Å². The molecular weight excluding hydrogens is 224 g/mol. The Morgan fingerprint density at radius 3 is 2.19 bits per heavy atom. The van der Waals surface area contributed by atoms with Crippen molar-refractivity contribution in [3.63, 3.8) is 0 Å². The Morgan fingerprint density at radius 2 is 1.75 bits per heavy atom. The minimum absolute atomic E-state index is 0.0729. The van der Waals surface area contributed by atoms with Crippen LogP contribution in [0.1, 0.15) is 31.1 Å². The van der Waals surface area contributed by atoms with E-state index < -0.39 is 23.7 Å². The van der Waals surface area contributed by atoms with E-state index in [0.717, 1.165) is 12.1 Å². The van der Waals surface area contributed by atoms with E-state index in [9.17, 15) is 22.7 Å². The molecule has 0 radical (unpaired) electrons. The highest BCUT2D eigenvalue weighted by Crippen LogP contribution is 2.34. The number of hydrogen-bond donors (Lipinski definition) is 1. The van der Waals surface area contributed by atoms with Gasteiger partial charge in [0.05, 0.1) is 11.7 Å². The first-order valence-corrected chi connectivity index (χ1v) is 4.78. The molecule has 0 spiro atoms. The van der Waals surface area contributed by atoms with Crippen molar-refractivity contribution in [3.8, 4) is 0 Å². The monoisotopic (exact) mass is 236 g/mol. The zero-order valence-electron chi connectivity index (χ0n) is 8.85. The van der Waals surface area contributed by atoms with Crippen molar-refractivity contribution < 1.29 is 22.7 Å². The molecule has 1 nitrogen and oxygen atoms in total. The zero-order chi connectivity index (χ0) is 12.5. The normalized spacial score (nSPS) is 14.2. The van der Waals surface area contributed by atoms with Crippen molar-refractivity contribution >= 4 is 0 Å². The minimum Gasteiger partial charge on any atom is -0.388 e. The number of halogens is 4. The topological polar surface area (TPSA) is 20.2 Å². The van der Waals surface area contributed by atoms with Gasteiger partial charge < -0.3 is 5.11 Å². The maximum absolute atomic E-state index is 12.9. The molecule has 1 rings (SSSR count). The van der Waals surface area contributed by atoms with Gasteiger partial charge in [0.25, 0.3) is 0 Å². The maximum Gasteiger partial charge on any atom is 0.419 e. The van der Waals surface area contributed by atoms with Crippen LogP contribution in [0.5, 0.6) is 0 Å². The Balaban J connectivity index is 3.18. The quantitative estimate of drug-likeness (QED) is 0.779. The Kier molecular flexibility index (Phi) is 3.57. The average molecular weight is 236 g/mol. The lowest BCUT2D eigenvalue weighted by atomic mass is 9.97. The van der Waals surface area contributed by atoms with Gasteiger partial charge >= 0.3 is 6.18 Å². The summed E-state index contributed by atoms with van der Waals surface area (Å²) in [6, 6.07) is 2.54. The summed E-state index contributed by atoms with van der Waals surface area (Å²) < 4.78 is 50.0. The van der Waals surface area contributed by atoms with E-state index in [-0.39, 0.29) is 11.5 Å². The first kappa shape index (κ1) is 13.0. The van der Waals surface area contributed by atoms with Crippen LogP contribution in [-0.2, 0) is 6.18 Å². The van der Waals surface area contributed by atoms with Crippen molar-refractivity contribution in [2.75, 3.05) is 0 Å². The second kappa shape index (κ2) is 4.41. The van der Waals surface area contributed by atoms with Crippen LogP contribution >= 0.6 is 0 Å². The molecule has 0 heterocycles. The molecule has 0 aliphatic carbocycles. The summed E-state index contributed by atoms with van der Waals surface area (Å²) in [5.41, 5.74) is -1.27. The third-order valence-corrected chi connectivity index (χ3v) is 2.27. The van der Waals surface area contributed by atoms with Gasteiger partial charge in [-0.2, -0.15) is 13.2 Å². The molecule has 0 fully saturated rings. The molecule has 90 valence electrons. The molecule has 1 aromatic rings. The third-order valence-electron chi connectivity index (χ3n) is 2.27. The van der Waals surface area contributed by atoms with E-state index >= 15 is 0 Å². The molecule has 0 saturated carbocycles. The minimum atomic E-state index is -4.74. The summed E-state index contributed by atoms with van der Waals surface area (Å²) in [7, 11) is 0. The van der Waals surface area contributed by atoms with Gasteiger partial charge in [0.15, 0.2) is 0 Å². The molecule has 1 unspecified atom stereocenters. The molecular formula is C11H12F4O. The van der Waals surface area contributed by atoms with Gasteiger partial charge in [-0.25, -0.2) is 4.39 Å². The van der Waals surface area contributed by atoms with Crippen molar-refractivity contribution in [2.45, 2.75) is 26.1 Å². The van der Waals surface area contributed by atoms with Gasteiger partial charge in [0.1, 0.15) is 5.82 Å². The van der Waals surface area contributed by atoms with Gasteiger partial charge in [-0.05, 0) is 23.6 Å². The van der Waals surface area contributed by atoms with Gasteiger partial charge in [-0.15, -0.1) is 0 Å². The zero-order valence-corrected chi connectivity index (χ0v) is 8.85. The van der Waals surface area contributed by atoms with Gasteiger partial charge in [0, 0.05) is 0 Å². The highest BCUT2D eigenvalue weighted by Gasteiger charge is 2.34. The van der Waals surface area contributed by atoms with Crippen molar-refractivity contribution in [2.24, 2.45) is 5.92 Å². The SMILES string of the molecule is CC(C)C(O)c1ccc(F)c(C(F)(F)F)c1. The second-order valence-electron chi connectivity index (χ2n) is 3.93. The predicted molar refractivity (Wildman–Crippen MR) is 51.2 cm³/mol. The Labute approximate surface area is 90.7 Å². The van der Waals surface area contributed by atoms with Crippen LogP contribution < -0.4 is 0 Å². The molecule has 0 aliphatic rings. The van der Waals surface area contributed by atoms with Crippen LogP contribution in [0.2, 0.25) is 0 Å². The fraction of sp³-hybridized carbons (Fsp3) is 0.455. The van der Waals surface area contributed by atoms with Crippen LogP contribution in [0.3, 0.4) is 0 Å². The van der Waals surface area contributed by atoms with Crippen molar-refractivity contribution in [1.82, 2.24) is 0 Å². The largest absolute Gasteiger partial charge is 0.419 e. The molecule has 5 heteroatoms. The number of aliphatic hydroxyl groups is 1. The molecule has 0 aromatic heterocycles. The summed E-state index contributed by atoms with van der Waals surface area (Å²) in [5.74, 6) is -1.56. The maximum atomic E-state index is 12.9. The number of benzene rings is 1. The van der Waals surface area contributed by atoms with Crippen molar-refractivity contribution in [3.05, 3.63) is 35.1 Å². The number of hydrogen-bond acceptors (Lipinski definition) is 1. The first-order valence-electron chi connectivity index (χ1n) is 4.78. The number of aliphatic hydroxyl groups excluding tert-OH is 1. The smallest absolute Gasteiger partial charge is 0.388 e. The van der Waals surface area contributed by atoms with E-state index in [2.05, 4.69) is 0 Å². The van der Waals surface area contributed by atoms with Crippen LogP contribution in [0, 0.1) is 11.7 Å². The summed E-state index contributed by atoms with van der Waals surface area (Å²) in [4.78, 5) is 0. The predicted octanol–water partition coefficient (Wildman–Crippen LogP) is 3.53. The van der Waals surface area contributed by atoms with Crippen LogP contribution in [-0.4, -0.2) is 5.11 Å². The third kappa shape index (κ3) is 2.72. The molecule has 1 atom stereocenters. The van der Waals surface area contributed by atoms with E-state index in [4.69, 9.17) is 0 Å². The Hall–Kier alpha value is -1.10. The van der Waals surface area contributed by atoms with Gasteiger partial charge in [-0.3, -0.25) is 0 Å². The second-order valence-corrected chi connectivity index (χ2v) is 3.93. The van der Waals surface area contributed by atoms with Gasteiger partial charge in [0.2, 0.25) is 0 Å². The van der Waals surface area contributed by atoms with Gasteiger partial charge in [-0.1, -0.05) is 19.9 Å². The summed E-state index contributed by atoms with van der Waals surface area (Å²) in [5, 5.41) is 9.59. The molecule has 1 N–H and O–H groups in total. The molecule has 0 amide bonds. The lowest BCUT2D eigenvalue weighted by Crippen LogP contribution is -2.11. The highest BCUT2D eigenvalue weighted by molar-refractivity contribution is 5.28. The molecule has 0 saturated heterocycles. The summed E-state index contributed by atoms with van der Waals surface area (Å²) in [6.07, 6.45) is -5.77. The van der Waals surface area contributed by atoms with E-state index in [0.29, 0.717) is 6.07 Å². The number of rotatable bonds is 2. The number of alkyl halides is 3. The fourth-order valence-electron chi connectivity index (χ4n) is 1.33. The standard InChI is InChI=1S/C11H12F4O/c1-6(2)10(16)7-3-4-9(12)8(5-7)11(13,14)15/h3-6,10,16H,1-2H3. The first-order chi connectivity index (χ1) is 7.23. The summed E-state index contributed by atoms with van der Waals surface area (Å²) in [6.45, 7) is 3.34. The molecule has 1 aromatic carbocycles. The molecule has 0 aliphatic heterocycles. The van der Waals surface area contributed by atoms with E-state index in [1.807, 2.05) is 0 Å². The lowest BCUT2D eigenvalue weighted by Gasteiger charge is -2.17. The van der Waals surface area contributed by atoms with Crippen LogP contribution in [0.25, 0.3) is 0 Å². The fourth-order valence-corrected chi connectivity index (χ4v) is 1.33. The van der Waals surface area contributed by atoms with Crippen LogP contribution in [0.15, 0.2) is 18.2 Å². The van der Waals surface area contributed by atoms with E-state index in [1.165, 1.54) is 0 Å². The average Bonchev–Trinajstić information content (AvgIpc) is 2.15. The molecule has 16 heavy (non-hydrogen) atoms. The highest BCUT2D eigenvalue weighted by atomic mass is 19.4. The Morgan fingerprint density at radius 1 is 1.19 bits per heavy atom. The lowest BCUT2D eigenvalue weighted by molar-refractivity contribution is -0.140. The molecule has 0 bridgehead atoms. The van der Waals surface area contributed by atoms with Crippen molar-refractivity contribution in [1.29, 1.82) is 0 Å². The van der Waals surface area contributed by atoms with E-state index in [1.54, 1.807) is 13.8 Å². The summed E-state index contributed by atoms with van der Waals surface area (Å²) >= 11 is 0.